The van der Waals surface area contributed by atoms with E-state index in [4.69, 9.17) is 9.47 Å². The van der Waals surface area contributed by atoms with Gasteiger partial charge in [-0.25, -0.2) is 23.8 Å². The Morgan fingerprint density at radius 1 is 1.04 bits per heavy atom. The zero-order valence-corrected chi connectivity index (χ0v) is 24.5. The van der Waals surface area contributed by atoms with E-state index in [1.165, 1.54) is 37.5 Å². The lowest BCUT2D eigenvalue weighted by Gasteiger charge is -2.18. The molecule has 2 aromatic carbocycles. The molecule has 13 heteroatoms. The molecule has 0 radical (unpaired) electrons. The number of esters is 1. The van der Waals surface area contributed by atoms with Crippen molar-refractivity contribution in [2.75, 3.05) is 13.2 Å². The highest BCUT2D eigenvalue weighted by Gasteiger charge is 2.41. The van der Waals surface area contributed by atoms with Crippen LogP contribution in [0.2, 0.25) is 0 Å². The minimum atomic E-state index is -4.92. The fraction of sp³-hybridized carbons (Fsp3) is 0.281. The van der Waals surface area contributed by atoms with E-state index in [1.807, 2.05) is 31.2 Å². The van der Waals surface area contributed by atoms with Gasteiger partial charge in [0.25, 0.3) is 0 Å². The van der Waals surface area contributed by atoms with Gasteiger partial charge in [-0.2, -0.15) is 23.4 Å². The Morgan fingerprint density at radius 3 is 2.56 bits per heavy atom. The van der Waals surface area contributed by atoms with Crippen LogP contribution in [-0.4, -0.2) is 48.7 Å². The first-order valence-electron chi connectivity index (χ1n) is 14.3. The molecule has 0 saturated carbocycles. The van der Waals surface area contributed by atoms with Crippen molar-refractivity contribution in [3.63, 3.8) is 0 Å². The van der Waals surface area contributed by atoms with Crippen LogP contribution in [0.4, 0.5) is 17.6 Å². The van der Waals surface area contributed by atoms with Crippen LogP contribution in [0, 0.1) is 5.82 Å². The van der Waals surface area contributed by atoms with Crippen molar-refractivity contribution in [1.82, 2.24) is 29.5 Å². The van der Waals surface area contributed by atoms with Crippen LogP contribution in [0.5, 0.6) is 5.75 Å². The second kappa shape index (κ2) is 13.7. The number of carbonyl (C=O) groups excluding carboxylic acids is 1. The number of benzene rings is 2. The van der Waals surface area contributed by atoms with Crippen molar-refractivity contribution in [2.24, 2.45) is 0 Å². The minimum absolute atomic E-state index is 0.0981. The molecule has 0 bridgehead atoms. The van der Waals surface area contributed by atoms with Gasteiger partial charge in [-0.1, -0.05) is 31.2 Å². The van der Waals surface area contributed by atoms with Gasteiger partial charge in [0.15, 0.2) is 11.5 Å². The third kappa shape index (κ3) is 7.54. The van der Waals surface area contributed by atoms with Crippen LogP contribution in [0.3, 0.4) is 0 Å². The molecule has 0 fully saturated rings. The van der Waals surface area contributed by atoms with Gasteiger partial charge in [-0.3, -0.25) is 4.68 Å². The molecule has 5 aromatic rings. The molecular formula is C32H30F4N6O3. The Kier molecular flexibility index (Phi) is 9.55. The van der Waals surface area contributed by atoms with E-state index < -0.39 is 29.2 Å². The van der Waals surface area contributed by atoms with E-state index in [2.05, 4.69) is 20.2 Å². The zero-order valence-electron chi connectivity index (χ0n) is 24.5. The fourth-order valence-corrected chi connectivity index (χ4v) is 4.97. The lowest BCUT2D eigenvalue weighted by molar-refractivity contribution is -0.143. The Labute approximate surface area is 256 Å². The summed E-state index contributed by atoms with van der Waals surface area (Å²) < 4.78 is 69.7. The molecule has 1 unspecified atom stereocenters. The summed E-state index contributed by atoms with van der Waals surface area (Å²) in [5.74, 6) is -1.22. The van der Waals surface area contributed by atoms with Crippen molar-refractivity contribution >= 4 is 5.97 Å². The van der Waals surface area contributed by atoms with Crippen molar-refractivity contribution in [2.45, 2.75) is 45.3 Å². The second-order valence-electron chi connectivity index (χ2n) is 10.3. The van der Waals surface area contributed by atoms with Crippen LogP contribution in [0.1, 0.15) is 53.4 Å². The SMILES string of the molecule is CCOC(=O)c1cnn(-c2cccc(-c3cc(F)ccc3C(C)Cc3ccc(OCCCn4cncn4)cc3)n2)c1C(F)(F)F. The van der Waals surface area contributed by atoms with E-state index >= 15 is 0 Å². The maximum absolute atomic E-state index is 14.5. The van der Waals surface area contributed by atoms with Gasteiger partial charge in [0.05, 0.1) is 25.1 Å². The number of alkyl halides is 3. The van der Waals surface area contributed by atoms with E-state index in [0.717, 1.165) is 29.5 Å². The number of halogens is 4. The van der Waals surface area contributed by atoms with Gasteiger partial charge in [0.1, 0.15) is 29.8 Å². The molecule has 0 amide bonds. The van der Waals surface area contributed by atoms with Crippen LogP contribution >= 0.6 is 0 Å². The molecule has 0 aliphatic heterocycles. The molecule has 3 heterocycles. The van der Waals surface area contributed by atoms with E-state index in [0.29, 0.717) is 29.8 Å². The number of rotatable bonds is 12. The van der Waals surface area contributed by atoms with Crippen LogP contribution in [-0.2, 0) is 23.9 Å². The Bertz CT molecular complexity index is 1740. The summed E-state index contributed by atoms with van der Waals surface area (Å²) in [7, 11) is 0. The number of aryl methyl sites for hydroxylation is 1. The number of pyridine rings is 1. The molecule has 0 aliphatic rings. The molecule has 5 rings (SSSR count). The van der Waals surface area contributed by atoms with Gasteiger partial charge in [0.2, 0.25) is 0 Å². The summed E-state index contributed by atoms with van der Waals surface area (Å²) >= 11 is 0. The summed E-state index contributed by atoms with van der Waals surface area (Å²) in [6, 6.07) is 16.4. The van der Waals surface area contributed by atoms with Gasteiger partial charge in [0, 0.05) is 18.5 Å². The van der Waals surface area contributed by atoms with Crippen molar-refractivity contribution < 1.29 is 31.8 Å². The number of aromatic nitrogens is 6. The second-order valence-corrected chi connectivity index (χ2v) is 10.3. The fourth-order valence-electron chi connectivity index (χ4n) is 4.97. The third-order valence-corrected chi connectivity index (χ3v) is 7.04. The highest BCUT2D eigenvalue weighted by Crippen LogP contribution is 2.35. The molecule has 0 spiro atoms. The summed E-state index contributed by atoms with van der Waals surface area (Å²) in [6.45, 7) is 4.60. The van der Waals surface area contributed by atoms with Crippen LogP contribution in [0.25, 0.3) is 17.1 Å². The Morgan fingerprint density at radius 2 is 1.84 bits per heavy atom. The maximum atomic E-state index is 14.5. The topological polar surface area (TPSA) is 96.9 Å². The molecule has 0 aliphatic carbocycles. The minimum Gasteiger partial charge on any atom is -0.494 e. The van der Waals surface area contributed by atoms with Crippen LogP contribution < -0.4 is 4.74 Å². The smallest absolute Gasteiger partial charge is 0.434 e. The molecule has 3 aromatic heterocycles. The largest absolute Gasteiger partial charge is 0.494 e. The molecule has 9 nitrogen and oxygen atoms in total. The van der Waals surface area contributed by atoms with Crippen LogP contribution in [0.15, 0.2) is 79.5 Å². The van der Waals surface area contributed by atoms with Gasteiger partial charge in [-0.05, 0) is 66.8 Å². The molecule has 0 N–H and O–H groups in total. The number of carbonyl (C=O) groups is 1. The quantitative estimate of drug-likeness (QED) is 0.0871. The standard InChI is InChI=1S/C32H30F4N6O3/c1-3-44-31(43)27-18-38-42(30(27)32(34,35)36)29-7-4-6-28(40-29)26-17-23(33)10-13-25(26)21(2)16-22-8-11-24(12-9-22)45-15-5-14-41-20-37-19-39-41/h4,6-13,17-21H,3,5,14-16H2,1-2H3. The molecule has 1 atom stereocenters. The first-order valence-corrected chi connectivity index (χ1v) is 14.3. The van der Waals surface area contributed by atoms with E-state index in [-0.39, 0.29) is 24.0 Å². The average molecular weight is 623 g/mol. The Hall–Kier alpha value is -5.07. The lowest BCUT2D eigenvalue weighted by Crippen LogP contribution is -2.19. The summed E-state index contributed by atoms with van der Waals surface area (Å²) in [5, 5.41) is 7.87. The van der Waals surface area contributed by atoms with Gasteiger partial charge < -0.3 is 9.47 Å². The highest BCUT2D eigenvalue weighted by atomic mass is 19.4. The number of ether oxygens (including phenoxy) is 2. The average Bonchev–Trinajstić information content (AvgIpc) is 3.71. The number of nitrogens with zero attached hydrogens (tertiary/aromatic N) is 6. The van der Waals surface area contributed by atoms with Crippen molar-refractivity contribution in [3.05, 3.63) is 108 Å². The highest BCUT2D eigenvalue weighted by molar-refractivity contribution is 5.90. The maximum Gasteiger partial charge on any atom is 0.434 e. The predicted octanol–water partition coefficient (Wildman–Crippen LogP) is 6.68. The monoisotopic (exact) mass is 622 g/mol. The molecule has 0 saturated heterocycles. The summed E-state index contributed by atoms with van der Waals surface area (Å²) in [6.07, 6.45) is 0.400. The van der Waals surface area contributed by atoms with E-state index in [9.17, 15) is 22.4 Å². The van der Waals surface area contributed by atoms with E-state index in [1.54, 1.807) is 23.1 Å². The van der Waals surface area contributed by atoms with Gasteiger partial charge in [-0.15, -0.1) is 0 Å². The Balaban J connectivity index is 1.35. The zero-order chi connectivity index (χ0) is 32.0. The normalized spacial score (nSPS) is 12.2. The van der Waals surface area contributed by atoms with Crippen molar-refractivity contribution in [3.8, 4) is 22.8 Å². The number of hydrogen-bond acceptors (Lipinski definition) is 7. The summed E-state index contributed by atoms with van der Waals surface area (Å²) in [5.41, 5.74) is 0.444. The first kappa shape index (κ1) is 31.4. The molecular weight excluding hydrogens is 592 g/mol. The lowest BCUT2D eigenvalue weighted by atomic mass is 9.89. The van der Waals surface area contributed by atoms with Gasteiger partial charge >= 0.3 is 12.1 Å². The predicted molar refractivity (Wildman–Crippen MR) is 156 cm³/mol. The number of hydrogen-bond donors (Lipinski definition) is 0. The molecule has 45 heavy (non-hydrogen) atoms. The third-order valence-electron chi connectivity index (χ3n) is 7.04. The summed E-state index contributed by atoms with van der Waals surface area (Å²) in [4.78, 5) is 20.6. The molecule has 234 valence electrons. The van der Waals surface area contributed by atoms with Crippen molar-refractivity contribution in [1.29, 1.82) is 0 Å². The first-order chi connectivity index (χ1) is 21.6.